The van der Waals surface area contributed by atoms with Crippen molar-refractivity contribution in [1.82, 2.24) is 10.2 Å². The Hall–Kier alpha value is -3.51. The van der Waals surface area contributed by atoms with Gasteiger partial charge in [0.05, 0.1) is 11.3 Å². The van der Waals surface area contributed by atoms with Gasteiger partial charge >= 0.3 is 0 Å². The molecule has 0 saturated carbocycles. The van der Waals surface area contributed by atoms with Crippen LogP contribution in [0.4, 0.5) is 5.82 Å². The third-order valence-corrected chi connectivity index (χ3v) is 3.03. The summed E-state index contributed by atoms with van der Waals surface area (Å²) in [7, 11) is 0. The number of H-pyrrole nitrogens is 1. The fourth-order valence-corrected chi connectivity index (χ4v) is 2.04. The van der Waals surface area contributed by atoms with Crippen molar-refractivity contribution in [3.8, 4) is 12.1 Å². The lowest BCUT2D eigenvalue weighted by molar-refractivity contribution is 0.604. The maximum absolute atomic E-state index is 9.29. The van der Waals surface area contributed by atoms with Crippen LogP contribution in [-0.2, 0) is 0 Å². The summed E-state index contributed by atoms with van der Waals surface area (Å²) < 4.78 is 5.63. The number of para-hydroxylation sites is 1. The second kappa shape index (κ2) is 4.87. The number of aromatic nitrogens is 2. The van der Waals surface area contributed by atoms with E-state index in [9.17, 15) is 5.26 Å². The van der Waals surface area contributed by atoms with Crippen LogP contribution in [0, 0.1) is 22.7 Å². The standard InChI is InChI=1S/C15H9N5O/c16-7-10(14-12(8-17)15(18)20-19-14)6-11-5-9-3-1-2-4-13(9)21-11/h1-6H,(H3,18,19,20)/b10-6+. The van der Waals surface area contributed by atoms with Crippen molar-refractivity contribution in [3.05, 3.63) is 47.3 Å². The Bertz CT molecular complexity index is 900. The number of fused-ring (bicyclic) bond motifs is 1. The number of nitrogen functional groups attached to an aromatic ring is 1. The number of nitrogens with zero attached hydrogens (tertiary/aromatic N) is 3. The normalized spacial score (nSPS) is 11.2. The van der Waals surface area contributed by atoms with Crippen molar-refractivity contribution in [2.45, 2.75) is 0 Å². The molecule has 3 rings (SSSR count). The predicted molar refractivity (Wildman–Crippen MR) is 77.4 cm³/mol. The van der Waals surface area contributed by atoms with Gasteiger partial charge in [0, 0.05) is 11.5 Å². The number of allylic oxidation sites excluding steroid dienone is 1. The van der Waals surface area contributed by atoms with E-state index in [1.165, 1.54) is 0 Å². The van der Waals surface area contributed by atoms with Gasteiger partial charge in [0.15, 0.2) is 5.82 Å². The summed E-state index contributed by atoms with van der Waals surface area (Å²) in [5.41, 5.74) is 6.97. The minimum absolute atomic E-state index is 0.0678. The SMILES string of the molecule is N#C/C(=C\c1cc2ccccc2o1)c1[nH]nc(N)c1C#N. The van der Waals surface area contributed by atoms with E-state index in [0.717, 1.165) is 11.0 Å². The van der Waals surface area contributed by atoms with E-state index < -0.39 is 0 Å². The summed E-state index contributed by atoms with van der Waals surface area (Å²) in [6.07, 6.45) is 1.55. The minimum Gasteiger partial charge on any atom is -0.457 e. The van der Waals surface area contributed by atoms with Crippen molar-refractivity contribution in [1.29, 1.82) is 10.5 Å². The first kappa shape index (κ1) is 12.5. The molecule has 0 spiro atoms. The van der Waals surface area contributed by atoms with E-state index in [2.05, 4.69) is 10.2 Å². The average Bonchev–Trinajstić information content (AvgIpc) is 3.07. The van der Waals surface area contributed by atoms with Gasteiger partial charge < -0.3 is 10.2 Å². The molecule has 0 amide bonds. The first-order chi connectivity index (χ1) is 10.2. The Balaban J connectivity index is 2.11. The van der Waals surface area contributed by atoms with Crippen LogP contribution in [0.3, 0.4) is 0 Å². The summed E-state index contributed by atoms with van der Waals surface area (Å²) in [6.45, 7) is 0. The molecule has 0 radical (unpaired) electrons. The van der Waals surface area contributed by atoms with Crippen molar-refractivity contribution in [3.63, 3.8) is 0 Å². The van der Waals surface area contributed by atoms with Crippen LogP contribution < -0.4 is 5.73 Å². The molecule has 3 aromatic rings. The van der Waals surface area contributed by atoms with Crippen molar-refractivity contribution in [2.24, 2.45) is 0 Å². The molecule has 0 aliphatic carbocycles. The smallest absolute Gasteiger partial charge is 0.163 e. The van der Waals surface area contributed by atoms with Crippen LogP contribution in [-0.4, -0.2) is 10.2 Å². The molecule has 0 fully saturated rings. The molecule has 21 heavy (non-hydrogen) atoms. The molecule has 0 unspecified atom stereocenters. The average molecular weight is 275 g/mol. The van der Waals surface area contributed by atoms with Crippen molar-refractivity contribution >= 4 is 28.4 Å². The highest BCUT2D eigenvalue weighted by Gasteiger charge is 2.15. The lowest BCUT2D eigenvalue weighted by Gasteiger charge is -1.94. The number of nitrogens with two attached hydrogens (primary N) is 1. The molecular formula is C15H9N5O. The Kier molecular flexibility index (Phi) is 2.91. The topological polar surface area (TPSA) is 115 Å². The Morgan fingerprint density at radius 3 is 2.86 bits per heavy atom. The van der Waals surface area contributed by atoms with Crippen molar-refractivity contribution < 1.29 is 4.42 Å². The number of hydrogen-bond donors (Lipinski definition) is 2. The van der Waals surface area contributed by atoms with E-state index in [0.29, 0.717) is 5.76 Å². The summed E-state index contributed by atoms with van der Waals surface area (Å²) in [5.74, 6) is 0.586. The number of aromatic amines is 1. The number of rotatable bonds is 2. The fraction of sp³-hybridized carbons (Fsp3) is 0. The van der Waals surface area contributed by atoms with E-state index in [-0.39, 0.29) is 22.6 Å². The Morgan fingerprint density at radius 2 is 2.14 bits per heavy atom. The second-order valence-electron chi connectivity index (χ2n) is 4.33. The molecule has 2 heterocycles. The lowest BCUT2D eigenvalue weighted by Crippen LogP contribution is -1.89. The summed E-state index contributed by atoms with van der Waals surface area (Å²) in [5, 5.41) is 25.6. The van der Waals surface area contributed by atoms with Gasteiger partial charge in [-0.3, -0.25) is 5.10 Å². The number of anilines is 1. The summed E-state index contributed by atoms with van der Waals surface area (Å²) in [6, 6.07) is 13.3. The van der Waals surface area contributed by atoms with Gasteiger partial charge in [0.2, 0.25) is 0 Å². The third kappa shape index (κ3) is 2.11. The van der Waals surface area contributed by atoms with Crippen LogP contribution in [0.25, 0.3) is 22.6 Å². The van der Waals surface area contributed by atoms with Gasteiger partial charge in [0.25, 0.3) is 0 Å². The van der Waals surface area contributed by atoms with Crippen molar-refractivity contribution in [2.75, 3.05) is 5.73 Å². The molecule has 0 aliphatic heterocycles. The maximum Gasteiger partial charge on any atom is 0.163 e. The molecule has 6 nitrogen and oxygen atoms in total. The maximum atomic E-state index is 9.29. The Morgan fingerprint density at radius 1 is 1.33 bits per heavy atom. The molecule has 0 atom stereocenters. The van der Waals surface area contributed by atoms with E-state index in [4.69, 9.17) is 15.4 Å². The van der Waals surface area contributed by atoms with Gasteiger partial charge in [-0.05, 0) is 12.1 Å². The highest BCUT2D eigenvalue weighted by molar-refractivity contribution is 5.92. The van der Waals surface area contributed by atoms with Gasteiger partial charge in [-0.2, -0.15) is 15.6 Å². The van der Waals surface area contributed by atoms with Gasteiger partial charge in [-0.25, -0.2) is 0 Å². The molecule has 3 N–H and O–H groups in total. The van der Waals surface area contributed by atoms with Crippen LogP contribution in [0.5, 0.6) is 0 Å². The molecular weight excluding hydrogens is 266 g/mol. The highest BCUT2D eigenvalue weighted by atomic mass is 16.3. The zero-order valence-corrected chi connectivity index (χ0v) is 10.8. The number of nitriles is 2. The number of furan rings is 1. The highest BCUT2D eigenvalue weighted by Crippen LogP contribution is 2.25. The van der Waals surface area contributed by atoms with Gasteiger partial charge in [-0.15, -0.1) is 0 Å². The minimum atomic E-state index is 0.0678. The molecule has 0 bridgehead atoms. The zero-order valence-electron chi connectivity index (χ0n) is 10.8. The van der Waals surface area contributed by atoms with Gasteiger partial charge in [-0.1, -0.05) is 18.2 Å². The molecule has 0 saturated heterocycles. The zero-order chi connectivity index (χ0) is 14.8. The molecule has 1 aromatic carbocycles. The molecule has 6 heteroatoms. The van der Waals surface area contributed by atoms with Crippen LogP contribution in [0.15, 0.2) is 34.7 Å². The molecule has 100 valence electrons. The van der Waals surface area contributed by atoms with E-state index >= 15 is 0 Å². The number of hydrogen-bond acceptors (Lipinski definition) is 5. The largest absolute Gasteiger partial charge is 0.457 e. The first-order valence-electron chi connectivity index (χ1n) is 6.07. The lowest BCUT2D eigenvalue weighted by atomic mass is 10.1. The summed E-state index contributed by atoms with van der Waals surface area (Å²) in [4.78, 5) is 0. The quantitative estimate of drug-likeness (QED) is 0.697. The monoisotopic (exact) mass is 275 g/mol. The van der Waals surface area contributed by atoms with Crippen LogP contribution >= 0.6 is 0 Å². The molecule has 0 aliphatic rings. The first-order valence-corrected chi connectivity index (χ1v) is 6.07. The predicted octanol–water partition coefficient (Wildman–Crippen LogP) is 2.67. The second-order valence-corrected chi connectivity index (χ2v) is 4.33. The third-order valence-electron chi connectivity index (χ3n) is 3.03. The van der Waals surface area contributed by atoms with Crippen LogP contribution in [0.1, 0.15) is 17.0 Å². The van der Waals surface area contributed by atoms with E-state index in [1.54, 1.807) is 6.08 Å². The number of nitrogens with one attached hydrogen (secondary N) is 1. The molecule has 2 aromatic heterocycles. The number of benzene rings is 1. The summed E-state index contributed by atoms with van der Waals surface area (Å²) >= 11 is 0. The fourth-order valence-electron chi connectivity index (χ4n) is 2.04. The van der Waals surface area contributed by atoms with Crippen LogP contribution in [0.2, 0.25) is 0 Å². The Labute approximate surface area is 119 Å². The van der Waals surface area contributed by atoms with Gasteiger partial charge in [0.1, 0.15) is 29.0 Å². The van der Waals surface area contributed by atoms with E-state index in [1.807, 2.05) is 42.5 Å².